The quantitative estimate of drug-likeness (QED) is 0.872. The van der Waals surface area contributed by atoms with Crippen molar-refractivity contribution in [1.29, 1.82) is 0 Å². The number of carboxylic acids is 1. The Kier molecular flexibility index (Phi) is 4.66. The molecule has 0 saturated carbocycles. The van der Waals surface area contributed by atoms with Gasteiger partial charge in [0.05, 0.1) is 6.54 Å². The molecule has 1 saturated heterocycles. The van der Waals surface area contributed by atoms with Gasteiger partial charge < -0.3 is 14.8 Å². The minimum Gasteiger partial charge on any atom is -0.503 e. The molecule has 1 aromatic carbocycles. The van der Waals surface area contributed by atoms with Crippen LogP contribution in [0.1, 0.15) is 24.0 Å². The van der Waals surface area contributed by atoms with Gasteiger partial charge in [0.25, 0.3) is 5.56 Å². The number of rotatable bonds is 5. The summed E-state index contributed by atoms with van der Waals surface area (Å²) >= 11 is 0. The molecule has 1 aliphatic rings. The highest BCUT2D eigenvalue weighted by molar-refractivity contribution is 5.73. The molecule has 1 atom stereocenters. The summed E-state index contributed by atoms with van der Waals surface area (Å²) in [6, 6.07) is 10.7. The Bertz CT molecular complexity index is 785. The van der Waals surface area contributed by atoms with Crippen molar-refractivity contribution in [2.75, 3.05) is 6.54 Å². The second kappa shape index (κ2) is 6.88. The SMILES string of the molecule is O=C(O)C1CCCN1Cc1ccn(Cc2ccccc2)c(=O)c1O. The van der Waals surface area contributed by atoms with E-state index in [9.17, 15) is 19.8 Å². The molecule has 2 aromatic rings. The molecule has 0 bridgehead atoms. The molecular weight excluding hydrogens is 308 g/mol. The van der Waals surface area contributed by atoms with Gasteiger partial charge in [0.2, 0.25) is 0 Å². The van der Waals surface area contributed by atoms with Crippen LogP contribution in [0.3, 0.4) is 0 Å². The van der Waals surface area contributed by atoms with Gasteiger partial charge in [-0.3, -0.25) is 14.5 Å². The standard InChI is InChI=1S/C18H20N2O4/c21-16-14(12-19-9-4-7-15(19)18(23)24)8-10-20(17(16)22)11-13-5-2-1-3-6-13/h1-3,5-6,8,10,15,21H,4,7,9,11-12H2,(H,23,24). The highest BCUT2D eigenvalue weighted by atomic mass is 16.4. The van der Waals surface area contributed by atoms with Crippen LogP contribution in [0.5, 0.6) is 5.75 Å². The lowest BCUT2D eigenvalue weighted by Crippen LogP contribution is -2.35. The third-order valence-electron chi connectivity index (χ3n) is 4.44. The van der Waals surface area contributed by atoms with Gasteiger partial charge in [0.1, 0.15) is 6.04 Å². The number of nitrogens with zero attached hydrogens (tertiary/aromatic N) is 2. The Morgan fingerprint density at radius 2 is 1.92 bits per heavy atom. The maximum atomic E-state index is 12.4. The Morgan fingerprint density at radius 3 is 2.62 bits per heavy atom. The molecular formula is C18H20N2O4. The lowest BCUT2D eigenvalue weighted by Gasteiger charge is -2.21. The summed E-state index contributed by atoms with van der Waals surface area (Å²) in [7, 11) is 0. The molecule has 6 heteroatoms. The Labute approximate surface area is 139 Å². The predicted molar refractivity (Wildman–Crippen MR) is 89.0 cm³/mol. The van der Waals surface area contributed by atoms with Crippen LogP contribution in [-0.4, -0.2) is 38.2 Å². The van der Waals surface area contributed by atoms with Gasteiger partial charge in [-0.05, 0) is 31.0 Å². The van der Waals surface area contributed by atoms with E-state index in [1.807, 2.05) is 30.3 Å². The number of aromatic nitrogens is 1. The summed E-state index contributed by atoms with van der Waals surface area (Å²) in [6.45, 7) is 1.31. The number of hydrogen-bond donors (Lipinski definition) is 2. The molecule has 0 aliphatic carbocycles. The highest BCUT2D eigenvalue weighted by Gasteiger charge is 2.31. The van der Waals surface area contributed by atoms with Crippen molar-refractivity contribution in [3.63, 3.8) is 0 Å². The van der Waals surface area contributed by atoms with E-state index in [0.29, 0.717) is 25.1 Å². The van der Waals surface area contributed by atoms with Crippen LogP contribution in [-0.2, 0) is 17.9 Å². The normalized spacial score (nSPS) is 17.9. The first-order chi connectivity index (χ1) is 11.6. The largest absolute Gasteiger partial charge is 0.503 e. The third-order valence-corrected chi connectivity index (χ3v) is 4.44. The summed E-state index contributed by atoms with van der Waals surface area (Å²) in [5, 5.41) is 19.5. The Morgan fingerprint density at radius 1 is 1.17 bits per heavy atom. The van der Waals surface area contributed by atoms with Crippen molar-refractivity contribution < 1.29 is 15.0 Å². The molecule has 1 unspecified atom stereocenters. The van der Waals surface area contributed by atoms with E-state index in [1.165, 1.54) is 4.57 Å². The number of carbonyl (C=O) groups is 1. The van der Waals surface area contributed by atoms with Gasteiger partial charge in [-0.25, -0.2) is 0 Å². The second-order valence-electron chi connectivity index (χ2n) is 6.07. The number of benzene rings is 1. The van der Waals surface area contributed by atoms with Gasteiger partial charge >= 0.3 is 5.97 Å². The molecule has 0 amide bonds. The number of aliphatic carboxylic acids is 1. The van der Waals surface area contributed by atoms with E-state index in [0.717, 1.165) is 12.0 Å². The minimum absolute atomic E-state index is 0.268. The second-order valence-corrected chi connectivity index (χ2v) is 6.07. The molecule has 1 aliphatic heterocycles. The zero-order valence-corrected chi connectivity index (χ0v) is 13.3. The van der Waals surface area contributed by atoms with Gasteiger partial charge in [-0.1, -0.05) is 30.3 Å². The summed E-state index contributed by atoms with van der Waals surface area (Å²) in [5.41, 5.74) is 0.983. The lowest BCUT2D eigenvalue weighted by molar-refractivity contribution is -0.142. The van der Waals surface area contributed by atoms with E-state index in [-0.39, 0.29) is 12.3 Å². The molecule has 24 heavy (non-hydrogen) atoms. The van der Waals surface area contributed by atoms with Crippen molar-refractivity contribution >= 4 is 5.97 Å². The lowest BCUT2D eigenvalue weighted by atomic mass is 10.2. The molecule has 2 N–H and O–H groups in total. The first kappa shape index (κ1) is 16.3. The summed E-state index contributed by atoms with van der Waals surface area (Å²) in [6.07, 6.45) is 3.06. The maximum absolute atomic E-state index is 12.4. The average Bonchev–Trinajstić information content (AvgIpc) is 3.04. The Hall–Kier alpha value is -2.60. The maximum Gasteiger partial charge on any atom is 0.320 e. The molecule has 2 heterocycles. The number of aromatic hydroxyl groups is 1. The molecule has 1 aromatic heterocycles. The summed E-state index contributed by atoms with van der Waals surface area (Å²) in [4.78, 5) is 25.4. The zero-order valence-electron chi connectivity index (χ0n) is 13.3. The third kappa shape index (κ3) is 3.33. The number of pyridine rings is 1. The van der Waals surface area contributed by atoms with E-state index >= 15 is 0 Å². The fourth-order valence-corrected chi connectivity index (χ4v) is 3.15. The van der Waals surface area contributed by atoms with E-state index < -0.39 is 17.6 Å². The summed E-state index contributed by atoms with van der Waals surface area (Å²) < 4.78 is 1.45. The van der Waals surface area contributed by atoms with Crippen molar-refractivity contribution in [3.8, 4) is 5.75 Å². The van der Waals surface area contributed by atoms with Gasteiger partial charge in [0, 0.05) is 18.3 Å². The molecule has 6 nitrogen and oxygen atoms in total. The van der Waals surface area contributed by atoms with Crippen LogP contribution in [0.25, 0.3) is 0 Å². The monoisotopic (exact) mass is 328 g/mol. The highest BCUT2D eigenvalue weighted by Crippen LogP contribution is 2.22. The minimum atomic E-state index is -0.857. The van der Waals surface area contributed by atoms with Crippen molar-refractivity contribution in [1.82, 2.24) is 9.47 Å². The molecule has 126 valence electrons. The van der Waals surface area contributed by atoms with E-state index in [1.54, 1.807) is 17.2 Å². The van der Waals surface area contributed by atoms with Crippen molar-refractivity contribution in [2.24, 2.45) is 0 Å². The van der Waals surface area contributed by atoms with Gasteiger partial charge in [-0.15, -0.1) is 0 Å². The van der Waals surface area contributed by atoms with Gasteiger partial charge in [-0.2, -0.15) is 0 Å². The number of carboxylic acid groups (broad SMARTS) is 1. The first-order valence-corrected chi connectivity index (χ1v) is 7.98. The van der Waals surface area contributed by atoms with Gasteiger partial charge in [0.15, 0.2) is 5.75 Å². The summed E-state index contributed by atoms with van der Waals surface area (Å²) in [5.74, 6) is -1.16. The van der Waals surface area contributed by atoms with Crippen LogP contribution in [0.15, 0.2) is 47.4 Å². The molecule has 0 spiro atoms. The Balaban J connectivity index is 1.80. The first-order valence-electron chi connectivity index (χ1n) is 7.98. The molecule has 0 radical (unpaired) electrons. The van der Waals surface area contributed by atoms with Crippen LogP contribution in [0.2, 0.25) is 0 Å². The molecule has 3 rings (SSSR count). The smallest absolute Gasteiger partial charge is 0.320 e. The fraction of sp³-hybridized carbons (Fsp3) is 0.333. The van der Waals surface area contributed by atoms with Crippen LogP contribution < -0.4 is 5.56 Å². The van der Waals surface area contributed by atoms with E-state index in [2.05, 4.69) is 0 Å². The number of likely N-dealkylation sites (tertiary alicyclic amines) is 1. The predicted octanol–water partition coefficient (Wildman–Crippen LogP) is 1.65. The number of hydrogen-bond acceptors (Lipinski definition) is 4. The topological polar surface area (TPSA) is 82.8 Å². The van der Waals surface area contributed by atoms with Crippen molar-refractivity contribution in [2.45, 2.75) is 32.0 Å². The van der Waals surface area contributed by atoms with Crippen LogP contribution >= 0.6 is 0 Å². The van der Waals surface area contributed by atoms with Crippen LogP contribution in [0.4, 0.5) is 0 Å². The van der Waals surface area contributed by atoms with E-state index in [4.69, 9.17) is 0 Å². The van der Waals surface area contributed by atoms with Crippen LogP contribution in [0, 0.1) is 0 Å². The molecule has 1 fully saturated rings. The fourth-order valence-electron chi connectivity index (χ4n) is 3.15. The van der Waals surface area contributed by atoms with Crippen molar-refractivity contribution in [3.05, 3.63) is 64.1 Å². The zero-order chi connectivity index (χ0) is 17.1. The average molecular weight is 328 g/mol.